The maximum Gasteiger partial charge on any atom is 0.204 e. The van der Waals surface area contributed by atoms with Gasteiger partial charge in [-0.25, -0.2) is 4.98 Å². The Bertz CT molecular complexity index is 860. The number of aromatic nitrogens is 1. The number of aryl methyl sites for hydroxylation is 1. The van der Waals surface area contributed by atoms with E-state index in [-0.39, 0.29) is 5.75 Å². The number of ether oxygens (including phenoxy) is 1. The molecule has 2 N–H and O–H groups in total. The number of aromatic hydroxyl groups is 1. The van der Waals surface area contributed by atoms with Gasteiger partial charge in [-0.3, -0.25) is 5.43 Å². The van der Waals surface area contributed by atoms with Crippen molar-refractivity contribution in [3.8, 4) is 22.8 Å². The Morgan fingerprint density at radius 3 is 2.75 bits per heavy atom. The van der Waals surface area contributed by atoms with Gasteiger partial charge in [-0.05, 0) is 30.7 Å². The van der Waals surface area contributed by atoms with Crippen LogP contribution >= 0.6 is 11.3 Å². The number of hydrogen-bond donors (Lipinski definition) is 2. The van der Waals surface area contributed by atoms with E-state index < -0.39 is 0 Å². The Morgan fingerprint density at radius 1 is 1.21 bits per heavy atom. The number of rotatable bonds is 5. The molecule has 24 heavy (non-hydrogen) atoms. The van der Waals surface area contributed by atoms with Crippen LogP contribution in [-0.2, 0) is 0 Å². The maximum absolute atomic E-state index is 9.59. The standard InChI is InChI=1S/C18H17N3O2S/c1-12-17(14-6-4-3-5-7-14)20-18(24-12)21-19-11-13-8-9-15(22)16(10-13)23-2/h3-11,22H,1-2H3,(H,20,21)/b19-11-. The summed E-state index contributed by atoms with van der Waals surface area (Å²) in [6.07, 6.45) is 1.65. The van der Waals surface area contributed by atoms with Gasteiger partial charge < -0.3 is 9.84 Å². The average Bonchev–Trinajstić information content (AvgIpc) is 2.98. The fraction of sp³-hybridized carbons (Fsp3) is 0.111. The number of hydrogen-bond acceptors (Lipinski definition) is 6. The predicted octanol–water partition coefficient (Wildman–Crippen LogP) is 4.28. The van der Waals surface area contributed by atoms with E-state index in [2.05, 4.69) is 15.5 Å². The van der Waals surface area contributed by atoms with E-state index in [0.717, 1.165) is 26.8 Å². The summed E-state index contributed by atoms with van der Waals surface area (Å²) < 4.78 is 5.08. The fourth-order valence-corrected chi connectivity index (χ4v) is 3.03. The number of nitrogens with zero attached hydrogens (tertiary/aromatic N) is 2. The van der Waals surface area contributed by atoms with Gasteiger partial charge in [0, 0.05) is 10.4 Å². The Kier molecular flexibility index (Phi) is 4.77. The van der Waals surface area contributed by atoms with Crippen molar-refractivity contribution in [2.75, 3.05) is 12.5 Å². The first kappa shape index (κ1) is 16.0. The molecule has 0 aliphatic heterocycles. The quantitative estimate of drug-likeness (QED) is 0.538. The second-order valence-corrected chi connectivity index (χ2v) is 6.29. The monoisotopic (exact) mass is 339 g/mol. The lowest BCUT2D eigenvalue weighted by atomic mass is 10.1. The molecule has 1 heterocycles. The van der Waals surface area contributed by atoms with Gasteiger partial charge in [0.05, 0.1) is 19.0 Å². The van der Waals surface area contributed by atoms with Crippen molar-refractivity contribution in [1.29, 1.82) is 0 Å². The summed E-state index contributed by atoms with van der Waals surface area (Å²) in [6, 6.07) is 15.1. The van der Waals surface area contributed by atoms with Crippen LogP contribution in [0.1, 0.15) is 10.4 Å². The van der Waals surface area contributed by atoms with Gasteiger partial charge in [-0.1, -0.05) is 30.3 Å². The largest absolute Gasteiger partial charge is 0.504 e. The van der Waals surface area contributed by atoms with Crippen LogP contribution in [0.4, 0.5) is 5.13 Å². The summed E-state index contributed by atoms with van der Waals surface area (Å²) in [5.74, 6) is 0.515. The van der Waals surface area contributed by atoms with Gasteiger partial charge in [0.25, 0.3) is 0 Å². The molecule has 0 spiro atoms. The van der Waals surface area contributed by atoms with Gasteiger partial charge in [-0.2, -0.15) is 5.10 Å². The summed E-state index contributed by atoms with van der Waals surface area (Å²) in [7, 11) is 1.51. The number of anilines is 1. The smallest absolute Gasteiger partial charge is 0.204 e. The molecule has 0 amide bonds. The van der Waals surface area contributed by atoms with Crippen LogP contribution in [0.25, 0.3) is 11.3 Å². The number of nitrogens with one attached hydrogen (secondary N) is 1. The van der Waals surface area contributed by atoms with Crippen LogP contribution in [0.2, 0.25) is 0 Å². The third kappa shape index (κ3) is 3.55. The van der Waals surface area contributed by atoms with E-state index in [4.69, 9.17) is 4.74 Å². The van der Waals surface area contributed by atoms with Gasteiger partial charge in [-0.15, -0.1) is 11.3 Å². The molecular formula is C18H17N3O2S. The van der Waals surface area contributed by atoms with Crippen molar-refractivity contribution in [2.45, 2.75) is 6.92 Å². The van der Waals surface area contributed by atoms with Crippen LogP contribution in [0.3, 0.4) is 0 Å². The molecule has 122 valence electrons. The van der Waals surface area contributed by atoms with Crippen molar-refractivity contribution in [2.24, 2.45) is 5.10 Å². The Morgan fingerprint density at radius 2 is 2.00 bits per heavy atom. The fourth-order valence-electron chi connectivity index (χ4n) is 2.24. The van der Waals surface area contributed by atoms with Gasteiger partial charge >= 0.3 is 0 Å². The van der Waals surface area contributed by atoms with Gasteiger partial charge in [0.2, 0.25) is 5.13 Å². The van der Waals surface area contributed by atoms with Crippen molar-refractivity contribution < 1.29 is 9.84 Å². The SMILES string of the molecule is COc1cc(/C=N\Nc2nc(-c3ccccc3)c(C)s2)ccc1O. The van der Waals surface area contributed by atoms with E-state index in [9.17, 15) is 5.11 Å². The molecule has 0 aliphatic rings. The molecule has 6 heteroatoms. The third-order valence-corrected chi connectivity index (χ3v) is 4.30. The molecule has 0 unspecified atom stereocenters. The Balaban J connectivity index is 1.73. The topological polar surface area (TPSA) is 66.7 Å². The summed E-state index contributed by atoms with van der Waals surface area (Å²) >= 11 is 1.55. The highest BCUT2D eigenvalue weighted by atomic mass is 32.1. The predicted molar refractivity (Wildman–Crippen MR) is 98.2 cm³/mol. The molecule has 5 nitrogen and oxygen atoms in total. The lowest BCUT2D eigenvalue weighted by Crippen LogP contribution is -1.91. The molecule has 1 aromatic heterocycles. The molecule has 0 bridgehead atoms. The third-order valence-electron chi connectivity index (χ3n) is 3.42. The molecule has 3 rings (SSSR count). The lowest BCUT2D eigenvalue weighted by Gasteiger charge is -2.03. The number of phenolic OH excluding ortho intramolecular Hbond substituents is 1. The molecule has 2 aromatic carbocycles. The highest BCUT2D eigenvalue weighted by Gasteiger charge is 2.08. The lowest BCUT2D eigenvalue weighted by molar-refractivity contribution is 0.373. The normalized spacial score (nSPS) is 10.9. The van der Waals surface area contributed by atoms with Crippen molar-refractivity contribution in [1.82, 2.24) is 4.98 Å². The van der Waals surface area contributed by atoms with E-state index in [1.165, 1.54) is 7.11 Å². The van der Waals surface area contributed by atoms with Crippen molar-refractivity contribution in [3.05, 3.63) is 59.0 Å². The number of benzene rings is 2. The minimum atomic E-state index is 0.102. The molecular weight excluding hydrogens is 322 g/mol. The van der Waals surface area contributed by atoms with E-state index >= 15 is 0 Å². The summed E-state index contributed by atoms with van der Waals surface area (Å²) in [6.45, 7) is 2.04. The zero-order chi connectivity index (χ0) is 16.9. The first-order chi connectivity index (χ1) is 11.7. The van der Waals surface area contributed by atoms with Crippen LogP contribution < -0.4 is 10.2 Å². The van der Waals surface area contributed by atoms with Gasteiger partial charge in [0.15, 0.2) is 11.5 Å². The highest BCUT2D eigenvalue weighted by molar-refractivity contribution is 7.15. The molecule has 0 atom stereocenters. The Hall–Kier alpha value is -2.86. The summed E-state index contributed by atoms with van der Waals surface area (Å²) in [5.41, 5.74) is 5.82. The van der Waals surface area contributed by atoms with E-state index in [1.54, 1.807) is 35.8 Å². The first-order valence-corrected chi connectivity index (χ1v) is 8.18. The molecule has 0 aliphatic carbocycles. The molecule has 0 saturated heterocycles. The molecule has 0 fully saturated rings. The zero-order valence-electron chi connectivity index (χ0n) is 13.4. The van der Waals surface area contributed by atoms with Crippen LogP contribution in [0.15, 0.2) is 53.6 Å². The maximum atomic E-state index is 9.59. The van der Waals surface area contributed by atoms with Crippen LogP contribution in [0.5, 0.6) is 11.5 Å². The summed E-state index contributed by atoms with van der Waals surface area (Å²) in [5, 5.41) is 14.5. The number of phenols is 1. The highest BCUT2D eigenvalue weighted by Crippen LogP contribution is 2.30. The van der Waals surface area contributed by atoms with Crippen molar-refractivity contribution in [3.63, 3.8) is 0 Å². The second kappa shape index (κ2) is 7.14. The number of hydrazone groups is 1. The number of methoxy groups -OCH3 is 1. The second-order valence-electron chi connectivity index (χ2n) is 5.09. The van der Waals surface area contributed by atoms with Crippen LogP contribution in [0, 0.1) is 6.92 Å². The Labute approximate surface area is 144 Å². The minimum absolute atomic E-state index is 0.102. The summed E-state index contributed by atoms with van der Waals surface area (Å²) in [4.78, 5) is 5.72. The number of thiazole rings is 1. The van der Waals surface area contributed by atoms with Crippen molar-refractivity contribution >= 4 is 22.7 Å². The first-order valence-electron chi connectivity index (χ1n) is 7.36. The van der Waals surface area contributed by atoms with Gasteiger partial charge in [0.1, 0.15) is 0 Å². The molecule has 0 saturated carbocycles. The molecule has 0 radical (unpaired) electrons. The van der Waals surface area contributed by atoms with E-state index in [1.807, 2.05) is 37.3 Å². The zero-order valence-corrected chi connectivity index (χ0v) is 14.2. The average molecular weight is 339 g/mol. The molecule has 3 aromatic rings. The minimum Gasteiger partial charge on any atom is -0.504 e. The van der Waals surface area contributed by atoms with Crippen LogP contribution in [-0.4, -0.2) is 23.4 Å². The van der Waals surface area contributed by atoms with E-state index in [0.29, 0.717) is 5.75 Å².